The van der Waals surface area contributed by atoms with Crippen molar-refractivity contribution in [3.8, 4) is 0 Å². The van der Waals surface area contributed by atoms with Crippen molar-refractivity contribution >= 4 is 24.7 Å². The van der Waals surface area contributed by atoms with Gasteiger partial charge in [0.25, 0.3) is 5.69 Å². The average Bonchev–Trinajstić information content (AvgIpc) is 2.14. The number of nitrogens with zero attached hydrogens (tertiary/aromatic N) is 1. The minimum absolute atomic E-state index is 0.0485. The average molecular weight is 192 g/mol. The molecule has 0 aromatic heterocycles. The van der Waals surface area contributed by atoms with Gasteiger partial charge in [0.2, 0.25) is 0 Å². The molecule has 6 heteroatoms. The van der Waals surface area contributed by atoms with Crippen LogP contribution in [0.1, 0.15) is 0 Å². The van der Waals surface area contributed by atoms with Crippen LogP contribution in [0, 0.1) is 10.1 Å². The van der Waals surface area contributed by atoms with Crippen molar-refractivity contribution < 1.29 is 10.0 Å². The minimum Gasteiger partial charge on any atom is -0.395 e. The van der Waals surface area contributed by atoms with E-state index in [4.69, 9.17) is 13.0 Å². The minimum atomic E-state index is -0.501. The number of aliphatic hydroxyl groups is 1. The number of rotatable bonds is 4. The number of hydrogen-bond donors (Lipinski definition) is 2. The van der Waals surface area contributed by atoms with Gasteiger partial charge in [0.05, 0.1) is 11.5 Å². The van der Waals surface area contributed by atoms with Crippen LogP contribution in [0.4, 0.5) is 11.4 Å². The monoisotopic (exact) mass is 192 g/mol. The van der Waals surface area contributed by atoms with Gasteiger partial charge in [-0.15, -0.1) is 0 Å². The van der Waals surface area contributed by atoms with Gasteiger partial charge in [-0.25, -0.2) is 0 Å². The molecule has 2 radical (unpaired) electrons. The molecule has 0 unspecified atom stereocenters. The van der Waals surface area contributed by atoms with Crippen molar-refractivity contribution in [1.29, 1.82) is 0 Å². The van der Waals surface area contributed by atoms with E-state index in [2.05, 4.69) is 5.32 Å². The third kappa shape index (κ3) is 2.46. The van der Waals surface area contributed by atoms with Crippen molar-refractivity contribution in [1.82, 2.24) is 0 Å². The summed E-state index contributed by atoms with van der Waals surface area (Å²) < 4.78 is 0. The zero-order valence-electron chi connectivity index (χ0n) is 7.43. The lowest BCUT2D eigenvalue weighted by molar-refractivity contribution is -0.383. The third-order valence-corrected chi connectivity index (χ3v) is 1.64. The number of nitrogens with one attached hydrogen (secondary N) is 1. The van der Waals surface area contributed by atoms with Crippen LogP contribution >= 0.6 is 0 Å². The quantitative estimate of drug-likeness (QED) is 0.393. The second kappa shape index (κ2) is 4.62. The maximum atomic E-state index is 10.6. The van der Waals surface area contributed by atoms with Crippen LogP contribution in [0.15, 0.2) is 18.2 Å². The number of nitro benzene ring substituents is 1. The van der Waals surface area contributed by atoms with E-state index < -0.39 is 4.92 Å². The molecule has 2 N–H and O–H groups in total. The molecule has 0 saturated carbocycles. The molecular weight excluding hydrogens is 183 g/mol. The molecule has 1 rings (SSSR count). The van der Waals surface area contributed by atoms with Gasteiger partial charge < -0.3 is 10.4 Å². The van der Waals surface area contributed by atoms with Gasteiger partial charge >= 0.3 is 0 Å². The first-order valence-corrected chi connectivity index (χ1v) is 4.04. The van der Waals surface area contributed by atoms with Crippen molar-refractivity contribution in [3.63, 3.8) is 0 Å². The molecule has 14 heavy (non-hydrogen) atoms. The maximum Gasteiger partial charge on any atom is 0.292 e. The Labute approximate surface area is 82.3 Å². The molecule has 0 fully saturated rings. The predicted octanol–water partition coefficient (Wildman–Crippen LogP) is -0.207. The first kappa shape index (κ1) is 10.5. The van der Waals surface area contributed by atoms with Gasteiger partial charge in [0.1, 0.15) is 13.5 Å². The highest BCUT2D eigenvalue weighted by atomic mass is 16.6. The van der Waals surface area contributed by atoms with E-state index in [0.717, 1.165) is 0 Å². The van der Waals surface area contributed by atoms with Gasteiger partial charge in [-0.3, -0.25) is 10.1 Å². The molecule has 0 aliphatic heterocycles. The predicted molar refractivity (Wildman–Crippen MR) is 54.1 cm³/mol. The van der Waals surface area contributed by atoms with Crippen LogP contribution in [-0.4, -0.2) is 31.0 Å². The van der Waals surface area contributed by atoms with Gasteiger partial charge in [0, 0.05) is 12.6 Å². The Balaban J connectivity index is 2.97. The Morgan fingerprint density at radius 3 is 2.86 bits per heavy atom. The van der Waals surface area contributed by atoms with Crippen LogP contribution in [0.5, 0.6) is 0 Å². The standard InChI is InChI=1S/C8H9BN2O3/c9-6-1-2-8(11(13)14)7(5-6)10-3-4-12/h1-2,5,10,12H,3-4H2. The van der Waals surface area contributed by atoms with E-state index in [1.165, 1.54) is 18.2 Å². The summed E-state index contributed by atoms with van der Waals surface area (Å²) in [5.74, 6) is 0. The number of aliphatic hydroxyl groups excluding tert-OH is 1. The van der Waals surface area contributed by atoms with Gasteiger partial charge in [0.15, 0.2) is 0 Å². The molecular formula is C8H9BN2O3. The summed E-state index contributed by atoms with van der Waals surface area (Å²) in [6.07, 6.45) is 0. The Morgan fingerprint density at radius 2 is 2.29 bits per heavy atom. The van der Waals surface area contributed by atoms with E-state index in [-0.39, 0.29) is 18.8 Å². The molecule has 72 valence electrons. The molecule has 1 aromatic carbocycles. The molecule has 0 spiro atoms. The SMILES string of the molecule is [B]c1ccc([N+](=O)[O-])c(NCCO)c1. The van der Waals surface area contributed by atoms with Gasteiger partial charge in [-0.2, -0.15) is 0 Å². The topological polar surface area (TPSA) is 75.4 Å². The fourth-order valence-electron chi connectivity index (χ4n) is 1.05. The fraction of sp³-hybridized carbons (Fsp3) is 0.250. The van der Waals surface area contributed by atoms with E-state index >= 15 is 0 Å². The largest absolute Gasteiger partial charge is 0.395 e. The van der Waals surface area contributed by atoms with Crippen LogP contribution in [-0.2, 0) is 0 Å². The summed E-state index contributed by atoms with van der Waals surface area (Å²) >= 11 is 0. The zero-order chi connectivity index (χ0) is 10.6. The van der Waals surface area contributed by atoms with Gasteiger partial charge in [-0.05, 0) is 6.07 Å². The molecule has 0 aliphatic rings. The molecule has 5 nitrogen and oxygen atoms in total. The Kier molecular flexibility index (Phi) is 3.47. The maximum absolute atomic E-state index is 10.6. The van der Waals surface area contributed by atoms with E-state index in [1.54, 1.807) is 0 Å². The molecule has 0 saturated heterocycles. The lowest BCUT2D eigenvalue weighted by Crippen LogP contribution is -2.11. The van der Waals surface area contributed by atoms with E-state index in [0.29, 0.717) is 11.2 Å². The molecule has 0 aliphatic carbocycles. The third-order valence-electron chi connectivity index (χ3n) is 1.64. The summed E-state index contributed by atoms with van der Waals surface area (Å²) in [6, 6.07) is 4.26. The zero-order valence-corrected chi connectivity index (χ0v) is 7.43. The second-order valence-electron chi connectivity index (χ2n) is 2.68. The summed E-state index contributed by atoms with van der Waals surface area (Å²) in [6.45, 7) is 0.163. The second-order valence-corrected chi connectivity index (χ2v) is 2.68. The number of nitro groups is 1. The van der Waals surface area contributed by atoms with Gasteiger partial charge in [-0.1, -0.05) is 11.5 Å². The van der Waals surface area contributed by atoms with Crippen molar-refractivity contribution in [3.05, 3.63) is 28.3 Å². The highest BCUT2D eigenvalue weighted by molar-refractivity contribution is 6.32. The van der Waals surface area contributed by atoms with Crippen LogP contribution in [0.2, 0.25) is 0 Å². The molecule has 0 atom stereocenters. The van der Waals surface area contributed by atoms with Crippen LogP contribution < -0.4 is 10.8 Å². The molecule has 0 heterocycles. The van der Waals surface area contributed by atoms with Crippen LogP contribution in [0.25, 0.3) is 0 Å². The summed E-state index contributed by atoms with van der Waals surface area (Å²) in [4.78, 5) is 10.1. The highest BCUT2D eigenvalue weighted by Gasteiger charge is 2.11. The number of hydrogen-bond acceptors (Lipinski definition) is 4. The van der Waals surface area contributed by atoms with E-state index in [1.807, 2.05) is 0 Å². The Morgan fingerprint density at radius 1 is 1.57 bits per heavy atom. The smallest absolute Gasteiger partial charge is 0.292 e. The first-order valence-electron chi connectivity index (χ1n) is 4.04. The Hall–Kier alpha value is -1.56. The summed E-state index contributed by atoms with van der Waals surface area (Å²) in [7, 11) is 5.47. The number of anilines is 1. The normalized spacial score (nSPS) is 9.79. The van der Waals surface area contributed by atoms with Crippen molar-refractivity contribution in [2.75, 3.05) is 18.5 Å². The molecule has 0 bridgehead atoms. The van der Waals surface area contributed by atoms with E-state index in [9.17, 15) is 10.1 Å². The van der Waals surface area contributed by atoms with Crippen molar-refractivity contribution in [2.24, 2.45) is 0 Å². The van der Waals surface area contributed by atoms with Crippen molar-refractivity contribution in [2.45, 2.75) is 0 Å². The molecule has 1 aromatic rings. The Bertz CT molecular complexity index is 343. The fourth-order valence-corrected chi connectivity index (χ4v) is 1.05. The number of benzene rings is 1. The lowest BCUT2D eigenvalue weighted by atomic mass is 9.95. The highest BCUT2D eigenvalue weighted by Crippen LogP contribution is 2.21. The summed E-state index contributed by atoms with van der Waals surface area (Å²) in [5, 5.41) is 21.8. The first-order chi connectivity index (χ1) is 6.65. The summed E-state index contributed by atoms with van der Waals surface area (Å²) in [5.41, 5.74) is 0.715. The van der Waals surface area contributed by atoms with Crippen LogP contribution in [0.3, 0.4) is 0 Å². The lowest BCUT2D eigenvalue weighted by Gasteiger charge is -2.05. The molecule has 0 amide bonds.